The first kappa shape index (κ1) is 17.4. The fourth-order valence-electron chi connectivity index (χ4n) is 3.23. The van der Waals surface area contributed by atoms with Crippen molar-refractivity contribution < 1.29 is 9.13 Å². The number of nitrogens with one attached hydrogen (secondary N) is 2. The number of hydrogen-bond donors (Lipinski definition) is 2. The molecule has 27 heavy (non-hydrogen) atoms. The predicted octanol–water partition coefficient (Wildman–Crippen LogP) is 1.42. The molecule has 2 aromatic carbocycles. The standard InChI is InChI=1S/C19H20FN5O2/c1-27-18-7-13(6-16(20)8-18)11-24-12-23-25(19(24)26)17-4-2-14(3-5-17)15-9-21-22-10-15/h2-8,12,15,21-22H,9-11H2,1H3. The molecule has 2 heterocycles. The van der Waals surface area contributed by atoms with Gasteiger partial charge in [0.1, 0.15) is 17.9 Å². The minimum Gasteiger partial charge on any atom is -0.497 e. The quantitative estimate of drug-likeness (QED) is 0.712. The highest BCUT2D eigenvalue weighted by atomic mass is 19.1. The average molecular weight is 369 g/mol. The first-order chi connectivity index (χ1) is 13.1. The molecule has 7 nitrogen and oxygen atoms in total. The fourth-order valence-corrected chi connectivity index (χ4v) is 3.23. The van der Waals surface area contributed by atoms with Crippen LogP contribution in [-0.2, 0) is 6.54 Å². The van der Waals surface area contributed by atoms with Gasteiger partial charge in [0.15, 0.2) is 0 Å². The molecule has 1 saturated heterocycles. The van der Waals surface area contributed by atoms with Crippen molar-refractivity contribution in [3.05, 3.63) is 76.2 Å². The molecule has 0 amide bonds. The van der Waals surface area contributed by atoms with Crippen molar-refractivity contribution in [1.82, 2.24) is 25.2 Å². The molecule has 0 saturated carbocycles. The van der Waals surface area contributed by atoms with E-state index in [0.29, 0.717) is 22.9 Å². The Kier molecular flexibility index (Phi) is 4.74. The number of hydrogen-bond acceptors (Lipinski definition) is 5. The van der Waals surface area contributed by atoms with Gasteiger partial charge in [-0.1, -0.05) is 12.1 Å². The van der Waals surface area contributed by atoms with Crippen molar-refractivity contribution in [2.45, 2.75) is 12.5 Å². The van der Waals surface area contributed by atoms with Crippen LogP contribution in [0.15, 0.2) is 53.6 Å². The van der Waals surface area contributed by atoms with E-state index in [4.69, 9.17) is 4.74 Å². The number of rotatable bonds is 5. The largest absolute Gasteiger partial charge is 0.497 e. The number of hydrazine groups is 1. The topological polar surface area (TPSA) is 73.1 Å². The Morgan fingerprint density at radius 3 is 2.63 bits per heavy atom. The summed E-state index contributed by atoms with van der Waals surface area (Å²) >= 11 is 0. The van der Waals surface area contributed by atoms with Crippen molar-refractivity contribution in [3.63, 3.8) is 0 Å². The summed E-state index contributed by atoms with van der Waals surface area (Å²) in [6.07, 6.45) is 1.46. The van der Waals surface area contributed by atoms with Gasteiger partial charge in [0, 0.05) is 25.1 Å². The van der Waals surface area contributed by atoms with Crippen molar-refractivity contribution in [1.29, 1.82) is 0 Å². The fraction of sp³-hybridized carbons (Fsp3) is 0.263. The highest BCUT2D eigenvalue weighted by molar-refractivity contribution is 5.35. The van der Waals surface area contributed by atoms with Gasteiger partial charge in [-0.3, -0.25) is 15.4 Å². The summed E-state index contributed by atoms with van der Waals surface area (Å²) in [5, 5.41) is 4.19. The van der Waals surface area contributed by atoms with Gasteiger partial charge in [0.05, 0.1) is 19.3 Å². The minimum absolute atomic E-state index is 0.213. The van der Waals surface area contributed by atoms with E-state index < -0.39 is 5.82 Å². The number of nitrogens with zero attached hydrogens (tertiary/aromatic N) is 3. The molecule has 0 spiro atoms. The van der Waals surface area contributed by atoms with Crippen molar-refractivity contribution in [3.8, 4) is 11.4 Å². The SMILES string of the molecule is COc1cc(F)cc(Cn2cnn(-c3ccc(C4CNNC4)cc3)c2=O)c1. The van der Waals surface area contributed by atoms with Gasteiger partial charge in [0.25, 0.3) is 0 Å². The third kappa shape index (κ3) is 3.62. The van der Waals surface area contributed by atoms with Gasteiger partial charge in [-0.25, -0.2) is 9.18 Å². The molecule has 2 N–H and O–H groups in total. The van der Waals surface area contributed by atoms with Crippen LogP contribution in [0.3, 0.4) is 0 Å². The zero-order valence-corrected chi connectivity index (χ0v) is 14.9. The summed E-state index contributed by atoms with van der Waals surface area (Å²) in [6.45, 7) is 1.97. The molecule has 1 aliphatic heterocycles. The van der Waals surface area contributed by atoms with Gasteiger partial charge in [0.2, 0.25) is 0 Å². The van der Waals surface area contributed by atoms with Crippen LogP contribution < -0.4 is 21.3 Å². The minimum atomic E-state index is -0.406. The second-order valence-corrected chi connectivity index (χ2v) is 6.50. The highest BCUT2D eigenvalue weighted by Gasteiger charge is 2.16. The molecule has 140 valence electrons. The Bertz CT molecular complexity index is 990. The van der Waals surface area contributed by atoms with E-state index in [-0.39, 0.29) is 12.2 Å². The summed E-state index contributed by atoms with van der Waals surface area (Å²) in [5.41, 5.74) is 8.46. The molecule has 1 aliphatic rings. The Hall–Kier alpha value is -2.97. The predicted molar refractivity (Wildman–Crippen MR) is 98.6 cm³/mol. The monoisotopic (exact) mass is 369 g/mol. The molecule has 1 fully saturated rings. The molecule has 0 radical (unpaired) electrons. The lowest BCUT2D eigenvalue weighted by Gasteiger charge is -2.08. The van der Waals surface area contributed by atoms with Gasteiger partial charge in [-0.15, -0.1) is 0 Å². The maximum absolute atomic E-state index is 13.7. The molecule has 8 heteroatoms. The molecule has 4 rings (SSSR count). The molecule has 0 atom stereocenters. The summed E-state index contributed by atoms with van der Waals surface area (Å²) in [7, 11) is 1.48. The number of halogens is 1. The second-order valence-electron chi connectivity index (χ2n) is 6.50. The smallest absolute Gasteiger partial charge is 0.350 e. The third-order valence-electron chi connectivity index (χ3n) is 4.68. The molecular formula is C19H20FN5O2. The maximum atomic E-state index is 13.7. The Labute approximate surface area is 155 Å². The number of ether oxygens (including phenoxy) is 1. The van der Waals surface area contributed by atoms with E-state index in [1.165, 1.54) is 40.4 Å². The molecular weight excluding hydrogens is 349 g/mol. The second kappa shape index (κ2) is 7.34. The summed E-state index contributed by atoms with van der Waals surface area (Å²) in [5.74, 6) is 0.421. The summed E-state index contributed by atoms with van der Waals surface area (Å²) in [6, 6.07) is 12.2. The molecule has 0 aliphatic carbocycles. The molecule has 0 bridgehead atoms. The van der Waals surface area contributed by atoms with Gasteiger partial charge < -0.3 is 4.74 Å². The lowest BCUT2D eigenvalue weighted by Crippen LogP contribution is -2.24. The Balaban J connectivity index is 1.57. The number of aromatic nitrogens is 3. The van der Waals surface area contributed by atoms with E-state index in [1.54, 1.807) is 6.07 Å². The first-order valence-electron chi connectivity index (χ1n) is 8.68. The Morgan fingerprint density at radius 1 is 1.19 bits per heavy atom. The zero-order chi connectivity index (χ0) is 18.8. The lowest BCUT2D eigenvalue weighted by molar-refractivity contribution is 0.410. The van der Waals surface area contributed by atoms with Gasteiger partial charge in [-0.05, 0) is 35.4 Å². The Morgan fingerprint density at radius 2 is 1.93 bits per heavy atom. The van der Waals surface area contributed by atoms with E-state index in [2.05, 4.69) is 16.0 Å². The zero-order valence-electron chi connectivity index (χ0n) is 14.9. The van der Waals surface area contributed by atoms with Crippen LogP contribution in [0.1, 0.15) is 17.0 Å². The normalized spacial score (nSPS) is 14.6. The lowest BCUT2D eigenvalue weighted by atomic mass is 10.0. The average Bonchev–Trinajstić information content (AvgIpc) is 3.32. The van der Waals surface area contributed by atoms with E-state index in [1.807, 2.05) is 24.3 Å². The molecule has 1 aromatic heterocycles. The summed E-state index contributed by atoms with van der Waals surface area (Å²) < 4.78 is 21.5. The van der Waals surface area contributed by atoms with Crippen LogP contribution >= 0.6 is 0 Å². The van der Waals surface area contributed by atoms with Crippen molar-refractivity contribution in [2.24, 2.45) is 0 Å². The van der Waals surface area contributed by atoms with Crippen LogP contribution in [0.2, 0.25) is 0 Å². The van der Waals surface area contributed by atoms with Crippen LogP contribution in [-0.4, -0.2) is 34.5 Å². The van der Waals surface area contributed by atoms with Crippen LogP contribution in [0.5, 0.6) is 5.75 Å². The van der Waals surface area contributed by atoms with Crippen LogP contribution in [0, 0.1) is 5.82 Å². The summed E-state index contributed by atoms with van der Waals surface area (Å²) in [4.78, 5) is 12.7. The molecule has 0 unspecified atom stereocenters. The van der Waals surface area contributed by atoms with Gasteiger partial charge in [-0.2, -0.15) is 9.78 Å². The van der Waals surface area contributed by atoms with E-state index >= 15 is 0 Å². The maximum Gasteiger partial charge on any atom is 0.350 e. The van der Waals surface area contributed by atoms with Crippen LogP contribution in [0.4, 0.5) is 4.39 Å². The molecule has 3 aromatic rings. The third-order valence-corrected chi connectivity index (χ3v) is 4.68. The van der Waals surface area contributed by atoms with Gasteiger partial charge >= 0.3 is 5.69 Å². The first-order valence-corrected chi connectivity index (χ1v) is 8.68. The number of benzene rings is 2. The van der Waals surface area contributed by atoms with Crippen molar-refractivity contribution in [2.75, 3.05) is 20.2 Å². The van der Waals surface area contributed by atoms with Crippen LogP contribution in [0.25, 0.3) is 5.69 Å². The van der Waals surface area contributed by atoms with E-state index in [9.17, 15) is 9.18 Å². The van der Waals surface area contributed by atoms with Crippen molar-refractivity contribution >= 4 is 0 Å². The van der Waals surface area contributed by atoms with E-state index in [0.717, 1.165) is 13.1 Å². The highest BCUT2D eigenvalue weighted by Crippen LogP contribution is 2.19. The number of methoxy groups -OCH3 is 1.